The van der Waals surface area contributed by atoms with Crippen LogP contribution < -0.4 is 10.6 Å². The minimum atomic E-state index is 0.492. The Hall–Kier alpha value is -1.92. The molecular formula is C12H10ClN5S. The van der Waals surface area contributed by atoms with Gasteiger partial charge in [0.2, 0.25) is 5.95 Å². The van der Waals surface area contributed by atoms with Crippen molar-refractivity contribution in [3.8, 4) is 0 Å². The molecule has 1 aromatic carbocycles. The average molecular weight is 292 g/mol. The Kier molecular flexibility index (Phi) is 3.18. The minimum absolute atomic E-state index is 0.492. The molecule has 0 spiro atoms. The van der Waals surface area contributed by atoms with E-state index in [4.69, 9.17) is 11.6 Å². The summed E-state index contributed by atoms with van der Waals surface area (Å²) in [6.45, 7) is 0. The van der Waals surface area contributed by atoms with E-state index in [-0.39, 0.29) is 0 Å². The zero-order chi connectivity index (χ0) is 13.2. The Labute approximate surface area is 118 Å². The topological polar surface area (TPSA) is 62.7 Å². The van der Waals surface area contributed by atoms with Crippen LogP contribution in [0.15, 0.2) is 29.9 Å². The molecule has 0 saturated carbocycles. The lowest BCUT2D eigenvalue weighted by Gasteiger charge is -2.07. The van der Waals surface area contributed by atoms with Crippen LogP contribution in [0, 0.1) is 0 Å². The normalized spacial score (nSPS) is 10.6. The molecule has 7 heteroatoms. The highest BCUT2D eigenvalue weighted by atomic mass is 35.5. The van der Waals surface area contributed by atoms with E-state index in [1.54, 1.807) is 24.6 Å². The number of hydrogen-bond donors (Lipinski definition) is 2. The molecule has 0 atom stereocenters. The molecule has 96 valence electrons. The van der Waals surface area contributed by atoms with E-state index in [2.05, 4.69) is 25.6 Å². The van der Waals surface area contributed by atoms with Crippen LogP contribution in [0.25, 0.3) is 10.2 Å². The number of nitrogens with one attached hydrogen (secondary N) is 2. The van der Waals surface area contributed by atoms with Crippen molar-refractivity contribution in [2.75, 3.05) is 17.7 Å². The van der Waals surface area contributed by atoms with Crippen molar-refractivity contribution in [1.82, 2.24) is 15.0 Å². The molecule has 0 saturated heterocycles. The number of benzene rings is 1. The van der Waals surface area contributed by atoms with Crippen LogP contribution >= 0.6 is 22.9 Å². The molecule has 0 aliphatic heterocycles. The molecule has 0 fully saturated rings. The highest BCUT2D eigenvalue weighted by molar-refractivity contribution is 7.16. The van der Waals surface area contributed by atoms with Crippen molar-refractivity contribution in [1.29, 1.82) is 0 Å². The van der Waals surface area contributed by atoms with Gasteiger partial charge in [0.15, 0.2) is 0 Å². The average Bonchev–Trinajstić information content (AvgIpc) is 2.88. The van der Waals surface area contributed by atoms with Crippen molar-refractivity contribution in [2.45, 2.75) is 0 Å². The van der Waals surface area contributed by atoms with Crippen molar-refractivity contribution in [3.05, 3.63) is 34.9 Å². The third kappa shape index (κ3) is 2.45. The monoisotopic (exact) mass is 291 g/mol. The first-order valence-electron chi connectivity index (χ1n) is 5.57. The van der Waals surface area contributed by atoms with Gasteiger partial charge >= 0.3 is 0 Å². The molecule has 0 unspecified atom stereocenters. The van der Waals surface area contributed by atoms with Crippen molar-refractivity contribution in [2.24, 2.45) is 0 Å². The van der Waals surface area contributed by atoms with Crippen molar-refractivity contribution >= 4 is 50.6 Å². The number of aromatic nitrogens is 3. The van der Waals surface area contributed by atoms with Crippen LogP contribution in [0.2, 0.25) is 5.02 Å². The number of halogens is 1. The molecule has 19 heavy (non-hydrogen) atoms. The maximum atomic E-state index is 5.94. The van der Waals surface area contributed by atoms with Crippen LogP contribution in [-0.2, 0) is 0 Å². The number of fused-ring (bicyclic) bond motifs is 1. The second-order valence-electron chi connectivity index (χ2n) is 3.80. The first-order valence-corrected chi connectivity index (χ1v) is 6.82. The van der Waals surface area contributed by atoms with Gasteiger partial charge in [-0.1, -0.05) is 11.6 Å². The molecule has 3 rings (SSSR count). The molecule has 0 aliphatic carbocycles. The van der Waals surface area contributed by atoms with Crippen LogP contribution in [-0.4, -0.2) is 22.0 Å². The number of thiazole rings is 1. The van der Waals surface area contributed by atoms with E-state index in [9.17, 15) is 0 Å². The summed E-state index contributed by atoms with van der Waals surface area (Å²) in [4.78, 5) is 12.7. The maximum Gasteiger partial charge on any atom is 0.229 e. The molecule has 5 nitrogen and oxygen atoms in total. The van der Waals surface area contributed by atoms with E-state index in [1.165, 1.54) is 0 Å². The van der Waals surface area contributed by atoms with Crippen LogP contribution in [0.1, 0.15) is 0 Å². The molecule has 2 N–H and O–H groups in total. The van der Waals surface area contributed by atoms with Gasteiger partial charge in [0.25, 0.3) is 0 Å². The summed E-state index contributed by atoms with van der Waals surface area (Å²) in [5.74, 6) is 1.09. The fraction of sp³-hybridized carbons (Fsp3) is 0.0833. The lowest BCUT2D eigenvalue weighted by Crippen LogP contribution is -2.00. The quantitative estimate of drug-likeness (QED) is 0.773. The molecule has 3 aromatic rings. The number of rotatable bonds is 3. The van der Waals surface area contributed by atoms with Gasteiger partial charge in [0.1, 0.15) is 10.8 Å². The highest BCUT2D eigenvalue weighted by Gasteiger charge is 2.05. The van der Waals surface area contributed by atoms with E-state index < -0.39 is 0 Å². The predicted octanol–water partition coefficient (Wildman–Crippen LogP) is 3.53. The van der Waals surface area contributed by atoms with Gasteiger partial charge in [-0.25, -0.2) is 9.97 Å². The maximum absolute atomic E-state index is 5.94. The van der Waals surface area contributed by atoms with Crippen LogP contribution in [0.5, 0.6) is 0 Å². The molecular weight excluding hydrogens is 282 g/mol. The second-order valence-corrected chi connectivity index (χ2v) is 5.09. The van der Waals surface area contributed by atoms with E-state index in [0.29, 0.717) is 16.8 Å². The number of hydrogen-bond acceptors (Lipinski definition) is 6. The van der Waals surface area contributed by atoms with Crippen LogP contribution in [0.4, 0.5) is 17.5 Å². The van der Waals surface area contributed by atoms with Gasteiger partial charge in [-0.2, -0.15) is 4.98 Å². The Balaban J connectivity index is 1.91. The van der Waals surface area contributed by atoms with Crippen LogP contribution in [0.3, 0.4) is 0 Å². The lowest BCUT2D eigenvalue weighted by molar-refractivity contribution is 1.16. The van der Waals surface area contributed by atoms with Gasteiger partial charge in [0.05, 0.1) is 21.9 Å². The SMILES string of the molecule is CNc1nc(Nc2ccc3ncsc3c2)ncc1Cl. The molecule has 0 amide bonds. The Morgan fingerprint density at radius 1 is 1.26 bits per heavy atom. The van der Waals surface area contributed by atoms with Crippen molar-refractivity contribution < 1.29 is 0 Å². The summed E-state index contributed by atoms with van der Waals surface area (Å²) in [6, 6.07) is 5.92. The predicted molar refractivity (Wildman–Crippen MR) is 79.5 cm³/mol. The Morgan fingerprint density at radius 3 is 3.00 bits per heavy atom. The molecule has 0 radical (unpaired) electrons. The van der Waals surface area contributed by atoms with Gasteiger partial charge in [-0.05, 0) is 18.2 Å². The molecule has 2 aromatic heterocycles. The summed E-state index contributed by atoms with van der Waals surface area (Å²) in [7, 11) is 1.77. The smallest absolute Gasteiger partial charge is 0.229 e. The van der Waals surface area contributed by atoms with Crippen molar-refractivity contribution in [3.63, 3.8) is 0 Å². The Morgan fingerprint density at radius 2 is 2.16 bits per heavy atom. The molecule has 0 aliphatic rings. The summed E-state index contributed by atoms with van der Waals surface area (Å²) in [5.41, 5.74) is 3.73. The Bertz CT molecular complexity index is 727. The van der Waals surface area contributed by atoms with E-state index in [0.717, 1.165) is 15.9 Å². The lowest BCUT2D eigenvalue weighted by atomic mass is 10.3. The molecule has 2 heterocycles. The molecule has 0 bridgehead atoms. The van der Waals surface area contributed by atoms with E-state index >= 15 is 0 Å². The zero-order valence-corrected chi connectivity index (χ0v) is 11.6. The summed E-state index contributed by atoms with van der Waals surface area (Å²) in [5, 5.41) is 6.55. The number of nitrogens with zero attached hydrogens (tertiary/aromatic N) is 3. The van der Waals surface area contributed by atoms with Gasteiger partial charge < -0.3 is 10.6 Å². The standard InChI is InChI=1S/C12H10ClN5S/c1-14-11-8(13)5-15-12(18-11)17-7-2-3-9-10(4-7)19-6-16-9/h2-6H,1H3,(H2,14,15,17,18). The van der Waals surface area contributed by atoms with E-state index in [1.807, 2.05) is 23.7 Å². The zero-order valence-electron chi connectivity index (χ0n) is 10.0. The van der Waals surface area contributed by atoms with Gasteiger partial charge in [0, 0.05) is 12.7 Å². The summed E-state index contributed by atoms with van der Waals surface area (Å²) < 4.78 is 1.12. The second kappa shape index (κ2) is 4.99. The third-order valence-corrected chi connectivity index (χ3v) is 3.64. The highest BCUT2D eigenvalue weighted by Crippen LogP contribution is 2.24. The number of anilines is 3. The van der Waals surface area contributed by atoms with Gasteiger partial charge in [-0.15, -0.1) is 11.3 Å². The first-order chi connectivity index (χ1) is 9.26. The largest absolute Gasteiger partial charge is 0.372 e. The first kappa shape index (κ1) is 12.1. The summed E-state index contributed by atoms with van der Waals surface area (Å²) >= 11 is 7.54. The fourth-order valence-electron chi connectivity index (χ4n) is 1.66. The summed E-state index contributed by atoms with van der Waals surface area (Å²) in [6.07, 6.45) is 1.56. The minimum Gasteiger partial charge on any atom is -0.372 e. The third-order valence-electron chi connectivity index (χ3n) is 2.57. The fourth-order valence-corrected chi connectivity index (χ4v) is 2.57. The van der Waals surface area contributed by atoms with Gasteiger partial charge in [-0.3, -0.25) is 0 Å².